The molecule has 1 fully saturated rings. The van der Waals surface area contributed by atoms with Crippen LogP contribution in [0.15, 0.2) is 0 Å². The number of morpholine rings is 1. The van der Waals surface area contributed by atoms with Gasteiger partial charge in [-0.15, -0.1) is 0 Å². The van der Waals surface area contributed by atoms with E-state index in [1.165, 1.54) is 0 Å². The molecule has 0 aromatic heterocycles. The molecule has 16 heavy (non-hydrogen) atoms. The number of hydrogen-bond acceptors (Lipinski definition) is 5. The molecule has 5 heteroatoms. The second-order valence-electron chi connectivity index (χ2n) is 4.42. The Kier molecular flexibility index (Phi) is 5.73. The third-order valence-electron chi connectivity index (χ3n) is 2.35. The molecular formula is C11H22N2O3. The Hall–Kier alpha value is -0.650. The zero-order valence-electron chi connectivity index (χ0n) is 10.4. The molecule has 0 aliphatic carbocycles. The van der Waals surface area contributed by atoms with Crippen molar-refractivity contribution in [2.45, 2.75) is 26.1 Å². The van der Waals surface area contributed by atoms with E-state index in [0.29, 0.717) is 6.54 Å². The lowest BCUT2D eigenvalue weighted by Gasteiger charge is -2.30. The van der Waals surface area contributed by atoms with E-state index < -0.39 is 0 Å². The highest BCUT2D eigenvalue weighted by molar-refractivity contribution is 5.71. The summed E-state index contributed by atoms with van der Waals surface area (Å²) in [4.78, 5) is 13.4. The van der Waals surface area contributed by atoms with Crippen molar-refractivity contribution >= 4 is 5.97 Å². The van der Waals surface area contributed by atoms with Crippen LogP contribution in [-0.2, 0) is 14.3 Å². The van der Waals surface area contributed by atoms with Gasteiger partial charge in [-0.1, -0.05) is 0 Å². The van der Waals surface area contributed by atoms with Gasteiger partial charge in [0, 0.05) is 19.6 Å². The minimum Gasteiger partial charge on any atom is -0.462 e. The van der Waals surface area contributed by atoms with Crippen LogP contribution in [0, 0.1) is 0 Å². The van der Waals surface area contributed by atoms with E-state index in [0.717, 1.165) is 19.7 Å². The molecule has 1 atom stereocenters. The zero-order valence-corrected chi connectivity index (χ0v) is 10.4. The molecule has 0 amide bonds. The second-order valence-corrected chi connectivity index (χ2v) is 4.42. The van der Waals surface area contributed by atoms with Gasteiger partial charge in [0.15, 0.2) is 0 Å². The number of carbonyl (C=O) groups excluding carboxylic acids is 1. The van der Waals surface area contributed by atoms with Crippen LogP contribution in [0.4, 0.5) is 0 Å². The van der Waals surface area contributed by atoms with Gasteiger partial charge < -0.3 is 19.7 Å². The summed E-state index contributed by atoms with van der Waals surface area (Å²) in [5.41, 5.74) is 0. The number of nitrogens with one attached hydrogen (secondary N) is 1. The van der Waals surface area contributed by atoms with E-state index in [1.54, 1.807) is 0 Å². The first-order valence-electron chi connectivity index (χ1n) is 5.78. The van der Waals surface area contributed by atoms with Gasteiger partial charge >= 0.3 is 5.97 Å². The summed E-state index contributed by atoms with van der Waals surface area (Å²) < 4.78 is 10.6. The maximum atomic E-state index is 11.2. The van der Waals surface area contributed by atoms with Gasteiger partial charge in [0.1, 0.15) is 0 Å². The SMILES string of the molecule is CC(C)OC(=O)CNCC1CN(C)CCO1. The van der Waals surface area contributed by atoms with Gasteiger partial charge in [-0.3, -0.25) is 4.79 Å². The lowest BCUT2D eigenvalue weighted by Crippen LogP contribution is -2.45. The van der Waals surface area contributed by atoms with E-state index in [4.69, 9.17) is 9.47 Å². The Morgan fingerprint density at radius 3 is 3.00 bits per heavy atom. The van der Waals surface area contributed by atoms with Crippen molar-refractivity contribution in [2.75, 3.05) is 39.8 Å². The lowest BCUT2D eigenvalue weighted by atomic mass is 10.3. The molecule has 1 unspecified atom stereocenters. The largest absolute Gasteiger partial charge is 0.462 e. The number of likely N-dealkylation sites (N-methyl/N-ethyl adjacent to an activating group) is 1. The fourth-order valence-corrected chi connectivity index (χ4v) is 1.63. The molecule has 0 radical (unpaired) electrons. The Bertz CT molecular complexity index is 221. The number of ether oxygens (including phenoxy) is 2. The minimum absolute atomic E-state index is 0.0497. The highest BCUT2D eigenvalue weighted by Gasteiger charge is 2.17. The van der Waals surface area contributed by atoms with Gasteiger partial charge in [-0.2, -0.15) is 0 Å². The molecule has 0 bridgehead atoms. The van der Waals surface area contributed by atoms with E-state index in [2.05, 4.69) is 17.3 Å². The summed E-state index contributed by atoms with van der Waals surface area (Å²) in [6.07, 6.45) is 0.122. The molecule has 1 heterocycles. The summed E-state index contributed by atoms with van der Waals surface area (Å²) in [6, 6.07) is 0. The van der Waals surface area contributed by atoms with Crippen molar-refractivity contribution in [3.63, 3.8) is 0 Å². The van der Waals surface area contributed by atoms with Crippen molar-refractivity contribution in [1.82, 2.24) is 10.2 Å². The second kappa shape index (κ2) is 6.83. The molecule has 0 saturated carbocycles. The van der Waals surface area contributed by atoms with E-state index >= 15 is 0 Å². The predicted octanol–water partition coefficient (Wildman–Crippen LogP) is -0.142. The van der Waals surface area contributed by atoms with Crippen LogP contribution in [0.1, 0.15) is 13.8 Å². The molecular weight excluding hydrogens is 208 g/mol. The van der Waals surface area contributed by atoms with E-state index in [1.807, 2.05) is 13.8 Å². The van der Waals surface area contributed by atoms with Crippen molar-refractivity contribution in [3.05, 3.63) is 0 Å². The highest BCUT2D eigenvalue weighted by atomic mass is 16.5. The van der Waals surface area contributed by atoms with Crippen molar-refractivity contribution in [3.8, 4) is 0 Å². The average Bonchev–Trinajstić information content (AvgIpc) is 2.16. The summed E-state index contributed by atoms with van der Waals surface area (Å²) in [5.74, 6) is -0.209. The number of rotatable bonds is 5. The van der Waals surface area contributed by atoms with Crippen LogP contribution in [-0.4, -0.2) is 62.9 Å². The molecule has 1 rings (SSSR count). The topological polar surface area (TPSA) is 50.8 Å². The fraction of sp³-hybridized carbons (Fsp3) is 0.909. The van der Waals surface area contributed by atoms with Gasteiger partial charge in [-0.05, 0) is 20.9 Å². The zero-order chi connectivity index (χ0) is 12.0. The third kappa shape index (κ3) is 5.44. The maximum absolute atomic E-state index is 11.2. The van der Waals surface area contributed by atoms with Crippen LogP contribution >= 0.6 is 0 Å². The number of hydrogen-bond donors (Lipinski definition) is 1. The number of nitrogens with zero attached hydrogens (tertiary/aromatic N) is 1. The lowest BCUT2D eigenvalue weighted by molar-refractivity contribution is -0.146. The Morgan fingerprint density at radius 2 is 2.38 bits per heavy atom. The van der Waals surface area contributed by atoms with Crippen molar-refractivity contribution < 1.29 is 14.3 Å². The molecule has 1 N–H and O–H groups in total. The first-order valence-corrected chi connectivity index (χ1v) is 5.78. The van der Waals surface area contributed by atoms with Crippen LogP contribution in [0.3, 0.4) is 0 Å². The molecule has 5 nitrogen and oxygen atoms in total. The van der Waals surface area contributed by atoms with Crippen molar-refractivity contribution in [2.24, 2.45) is 0 Å². The van der Waals surface area contributed by atoms with Crippen LogP contribution in [0.5, 0.6) is 0 Å². The average molecular weight is 230 g/mol. The molecule has 1 aliphatic heterocycles. The van der Waals surface area contributed by atoms with E-state index in [-0.39, 0.29) is 24.7 Å². The highest BCUT2D eigenvalue weighted by Crippen LogP contribution is 2.01. The normalized spacial score (nSPS) is 22.4. The van der Waals surface area contributed by atoms with Crippen LogP contribution in [0.2, 0.25) is 0 Å². The first kappa shape index (κ1) is 13.4. The molecule has 94 valence electrons. The predicted molar refractivity (Wildman–Crippen MR) is 61.3 cm³/mol. The van der Waals surface area contributed by atoms with Gasteiger partial charge in [0.05, 0.1) is 25.4 Å². The van der Waals surface area contributed by atoms with Crippen molar-refractivity contribution in [1.29, 1.82) is 0 Å². The molecule has 0 aromatic carbocycles. The Balaban J connectivity index is 2.08. The van der Waals surface area contributed by atoms with Crippen LogP contribution < -0.4 is 5.32 Å². The smallest absolute Gasteiger partial charge is 0.320 e. The number of esters is 1. The standard InChI is InChI=1S/C11H22N2O3/c1-9(2)16-11(14)7-12-6-10-8-13(3)4-5-15-10/h9-10,12H,4-8H2,1-3H3. The summed E-state index contributed by atoms with van der Waals surface area (Å²) >= 11 is 0. The molecule has 0 aromatic rings. The summed E-state index contributed by atoms with van der Waals surface area (Å²) in [7, 11) is 2.07. The molecule has 1 saturated heterocycles. The quantitative estimate of drug-likeness (QED) is 0.666. The third-order valence-corrected chi connectivity index (χ3v) is 2.35. The van der Waals surface area contributed by atoms with Gasteiger partial charge in [0.2, 0.25) is 0 Å². The van der Waals surface area contributed by atoms with Gasteiger partial charge in [-0.25, -0.2) is 0 Å². The van der Waals surface area contributed by atoms with Gasteiger partial charge in [0.25, 0.3) is 0 Å². The minimum atomic E-state index is -0.209. The Morgan fingerprint density at radius 1 is 1.62 bits per heavy atom. The monoisotopic (exact) mass is 230 g/mol. The molecule has 1 aliphatic rings. The van der Waals surface area contributed by atoms with Crippen LogP contribution in [0.25, 0.3) is 0 Å². The summed E-state index contributed by atoms with van der Waals surface area (Å²) in [5, 5.41) is 3.05. The fourth-order valence-electron chi connectivity index (χ4n) is 1.63. The summed E-state index contributed by atoms with van der Waals surface area (Å²) in [6.45, 7) is 7.28. The molecule has 0 spiro atoms. The Labute approximate surface area is 97.1 Å². The van der Waals surface area contributed by atoms with E-state index in [9.17, 15) is 4.79 Å². The number of carbonyl (C=O) groups is 1. The maximum Gasteiger partial charge on any atom is 0.320 e. The first-order chi connectivity index (χ1) is 7.58.